The molecule has 2 heterocycles. The van der Waals surface area contributed by atoms with Gasteiger partial charge in [0.1, 0.15) is 5.01 Å². The highest BCUT2D eigenvalue weighted by Gasteiger charge is 2.29. The molecule has 31 heavy (non-hydrogen) atoms. The van der Waals surface area contributed by atoms with Crippen LogP contribution in [0.4, 0.5) is 18.3 Å². The number of aromatic amines is 1. The van der Waals surface area contributed by atoms with E-state index in [0.29, 0.717) is 24.8 Å². The number of aryl methyl sites for hydroxylation is 1. The van der Waals surface area contributed by atoms with Crippen LogP contribution < -0.4 is 10.6 Å². The average molecular weight is 469 g/mol. The first-order chi connectivity index (χ1) is 14.4. The average Bonchev–Trinajstić information content (AvgIpc) is 3.34. The molecule has 0 aliphatic rings. The summed E-state index contributed by atoms with van der Waals surface area (Å²) in [6.07, 6.45) is -4.31. The van der Waals surface area contributed by atoms with Crippen LogP contribution in [0.25, 0.3) is 21.5 Å². The van der Waals surface area contributed by atoms with E-state index >= 15 is 0 Å². The molecule has 11 heteroatoms. The van der Waals surface area contributed by atoms with Crippen molar-refractivity contribution in [2.75, 3.05) is 18.4 Å². The van der Waals surface area contributed by atoms with E-state index < -0.39 is 11.7 Å². The molecule has 3 N–H and O–H groups in total. The summed E-state index contributed by atoms with van der Waals surface area (Å²) in [7, 11) is 0. The highest BCUT2D eigenvalue weighted by Crippen LogP contribution is 2.30. The quantitative estimate of drug-likeness (QED) is 0.331. The van der Waals surface area contributed by atoms with E-state index in [1.807, 2.05) is 25.1 Å². The molecular formula is C20H20ClF3N6S. The standard InChI is InChI=1S/C20H19F3N6S.ClH/c1-12-16-10-14(4-7-17(16)27-26-12)18-28-29-19(30-18)25-9-8-24-11-13-2-5-15(6-3-13)20(21,22)23;/h2-7,10,24H,8-9,11H2,1H3,(H,25,29)(H,26,27);1H. The van der Waals surface area contributed by atoms with Crippen molar-refractivity contribution in [2.45, 2.75) is 19.6 Å². The number of anilines is 1. The molecule has 4 aromatic rings. The maximum atomic E-state index is 12.6. The summed E-state index contributed by atoms with van der Waals surface area (Å²) < 4.78 is 37.7. The normalized spacial score (nSPS) is 11.5. The number of benzene rings is 2. The van der Waals surface area contributed by atoms with Crippen LogP contribution in [0.3, 0.4) is 0 Å². The van der Waals surface area contributed by atoms with Gasteiger partial charge in [-0.05, 0) is 42.8 Å². The highest BCUT2D eigenvalue weighted by molar-refractivity contribution is 7.18. The summed E-state index contributed by atoms with van der Waals surface area (Å²) >= 11 is 1.46. The van der Waals surface area contributed by atoms with Gasteiger partial charge in [-0.1, -0.05) is 23.5 Å². The fourth-order valence-electron chi connectivity index (χ4n) is 2.98. The number of fused-ring (bicyclic) bond motifs is 1. The maximum Gasteiger partial charge on any atom is 0.416 e. The summed E-state index contributed by atoms with van der Waals surface area (Å²) in [6.45, 7) is 3.72. The van der Waals surface area contributed by atoms with Crippen molar-refractivity contribution in [3.8, 4) is 10.6 Å². The Kier molecular flexibility index (Phi) is 7.14. The van der Waals surface area contributed by atoms with Crippen LogP contribution in [0, 0.1) is 6.92 Å². The molecule has 0 spiro atoms. The lowest BCUT2D eigenvalue weighted by Crippen LogP contribution is -2.21. The lowest BCUT2D eigenvalue weighted by atomic mass is 10.1. The lowest BCUT2D eigenvalue weighted by Gasteiger charge is -2.08. The minimum Gasteiger partial charge on any atom is -0.359 e. The Morgan fingerprint density at radius 2 is 1.81 bits per heavy atom. The number of nitrogens with zero attached hydrogens (tertiary/aromatic N) is 3. The lowest BCUT2D eigenvalue weighted by molar-refractivity contribution is -0.137. The Balaban J connectivity index is 0.00000272. The minimum absolute atomic E-state index is 0. The number of rotatable bonds is 7. The molecule has 0 unspecified atom stereocenters. The van der Waals surface area contributed by atoms with E-state index in [0.717, 1.165) is 44.9 Å². The molecule has 4 rings (SSSR count). The van der Waals surface area contributed by atoms with E-state index in [9.17, 15) is 13.2 Å². The largest absolute Gasteiger partial charge is 0.416 e. The SMILES string of the molecule is Cc1[nH]nc2ccc(-c3nnc(NCCNCc4ccc(C(F)(F)F)cc4)s3)cc12.Cl. The topological polar surface area (TPSA) is 78.5 Å². The molecule has 0 amide bonds. The third-order valence-corrected chi connectivity index (χ3v) is 5.53. The summed E-state index contributed by atoms with van der Waals surface area (Å²) in [6, 6.07) is 11.1. The predicted molar refractivity (Wildman–Crippen MR) is 119 cm³/mol. The zero-order valence-corrected chi connectivity index (χ0v) is 18.1. The second-order valence-corrected chi connectivity index (χ2v) is 7.77. The molecule has 0 saturated heterocycles. The Bertz CT molecular complexity index is 1140. The van der Waals surface area contributed by atoms with Crippen molar-refractivity contribution >= 4 is 39.8 Å². The number of alkyl halides is 3. The van der Waals surface area contributed by atoms with Crippen LogP contribution in [-0.4, -0.2) is 33.5 Å². The number of hydrogen-bond donors (Lipinski definition) is 3. The van der Waals surface area contributed by atoms with Crippen LogP contribution in [0.2, 0.25) is 0 Å². The van der Waals surface area contributed by atoms with E-state index in [1.165, 1.54) is 23.5 Å². The fourth-order valence-corrected chi connectivity index (χ4v) is 3.75. The molecule has 6 nitrogen and oxygen atoms in total. The second-order valence-electron chi connectivity index (χ2n) is 6.79. The third-order valence-electron chi connectivity index (χ3n) is 4.60. The first-order valence-electron chi connectivity index (χ1n) is 9.29. The Morgan fingerprint density at radius 1 is 1.03 bits per heavy atom. The molecule has 0 aliphatic heterocycles. The molecule has 0 aliphatic carbocycles. The first kappa shape index (κ1) is 23.0. The monoisotopic (exact) mass is 468 g/mol. The smallest absolute Gasteiger partial charge is 0.359 e. The molecule has 2 aromatic carbocycles. The minimum atomic E-state index is -4.31. The summed E-state index contributed by atoms with van der Waals surface area (Å²) in [5.74, 6) is 0. The number of halogens is 4. The van der Waals surface area contributed by atoms with Gasteiger partial charge in [-0.3, -0.25) is 5.10 Å². The summed E-state index contributed by atoms with van der Waals surface area (Å²) in [5.41, 5.74) is 3.07. The Hall–Kier alpha value is -2.69. The predicted octanol–water partition coefficient (Wildman–Crippen LogP) is 5.03. The van der Waals surface area contributed by atoms with E-state index in [1.54, 1.807) is 0 Å². The number of hydrogen-bond acceptors (Lipinski definition) is 6. The fraction of sp³-hybridized carbons (Fsp3) is 0.250. The molecule has 0 bridgehead atoms. The van der Waals surface area contributed by atoms with Crippen molar-refractivity contribution in [3.05, 3.63) is 59.3 Å². The Morgan fingerprint density at radius 3 is 2.55 bits per heavy atom. The van der Waals surface area contributed by atoms with Crippen LogP contribution in [0.1, 0.15) is 16.8 Å². The number of nitrogens with one attached hydrogen (secondary N) is 3. The highest BCUT2D eigenvalue weighted by atomic mass is 35.5. The maximum absolute atomic E-state index is 12.6. The van der Waals surface area contributed by atoms with E-state index in [-0.39, 0.29) is 12.4 Å². The molecule has 0 atom stereocenters. The van der Waals surface area contributed by atoms with Gasteiger partial charge in [0, 0.05) is 36.3 Å². The van der Waals surface area contributed by atoms with Crippen molar-refractivity contribution in [1.29, 1.82) is 0 Å². The van der Waals surface area contributed by atoms with Gasteiger partial charge in [-0.15, -0.1) is 22.6 Å². The zero-order valence-electron chi connectivity index (χ0n) is 16.5. The van der Waals surface area contributed by atoms with Gasteiger partial charge in [-0.25, -0.2) is 0 Å². The van der Waals surface area contributed by atoms with Crippen LogP contribution in [0.5, 0.6) is 0 Å². The van der Waals surface area contributed by atoms with Gasteiger partial charge in [0.2, 0.25) is 5.13 Å². The van der Waals surface area contributed by atoms with Gasteiger partial charge >= 0.3 is 6.18 Å². The molecule has 2 aromatic heterocycles. The van der Waals surface area contributed by atoms with Crippen molar-refractivity contribution < 1.29 is 13.2 Å². The second kappa shape index (κ2) is 9.63. The summed E-state index contributed by atoms with van der Waals surface area (Å²) in [4.78, 5) is 0. The summed E-state index contributed by atoms with van der Waals surface area (Å²) in [5, 5.41) is 24.6. The molecular weight excluding hydrogens is 449 g/mol. The van der Waals surface area contributed by atoms with Crippen LogP contribution in [0.15, 0.2) is 42.5 Å². The third kappa shape index (κ3) is 5.52. The first-order valence-corrected chi connectivity index (χ1v) is 10.1. The molecule has 164 valence electrons. The van der Waals surface area contributed by atoms with E-state index in [2.05, 4.69) is 31.0 Å². The van der Waals surface area contributed by atoms with Gasteiger partial charge in [0.05, 0.1) is 11.1 Å². The van der Waals surface area contributed by atoms with E-state index in [4.69, 9.17) is 0 Å². The molecule has 0 fully saturated rings. The van der Waals surface area contributed by atoms with Crippen LogP contribution in [-0.2, 0) is 12.7 Å². The van der Waals surface area contributed by atoms with Crippen molar-refractivity contribution in [2.24, 2.45) is 0 Å². The van der Waals surface area contributed by atoms with Crippen LogP contribution >= 0.6 is 23.7 Å². The van der Waals surface area contributed by atoms with Crippen molar-refractivity contribution in [3.63, 3.8) is 0 Å². The number of aromatic nitrogens is 4. The van der Waals surface area contributed by atoms with Gasteiger partial charge < -0.3 is 10.6 Å². The Labute approximate surface area is 186 Å². The zero-order chi connectivity index (χ0) is 21.1. The van der Waals surface area contributed by atoms with Crippen molar-refractivity contribution in [1.82, 2.24) is 25.7 Å². The van der Waals surface area contributed by atoms with Gasteiger partial charge in [0.15, 0.2) is 0 Å². The van der Waals surface area contributed by atoms with Gasteiger partial charge in [0.25, 0.3) is 0 Å². The molecule has 0 radical (unpaired) electrons. The number of H-pyrrole nitrogens is 1. The van der Waals surface area contributed by atoms with Gasteiger partial charge in [-0.2, -0.15) is 18.3 Å². The molecule has 0 saturated carbocycles.